The van der Waals surface area contributed by atoms with E-state index in [1.54, 1.807) is 0 Å². The number of unbranched alkanes of at least 4 members (excludes halogenated alkanes) is 2. The number of hydrogen-bond donors (Lipinski definition) is 1. The molecule has 0 atom stereocenters. The Morgan fingerprint density at radius 1 is 1.29 bits per heavy atom. The fraction of sp³-hybridized carbons (Fsp3) is 0.800. The van der Waals surface area contributed by atoms with Crippen molar-refractivity contribution in [1.82, 2.24) is 0 Å². The Morgan fingerprint density at radius 3 is 2.29 bits per heavy atom. The van der Waals surface area contributed by atoms with Gasteiger partial charge in [-0.3, -0.25) is 4.79 Å². The largest absolute Gasteiger partial charge is 0.478 e. The van der Waals surface area contributed by atoms with E-state index >= 15 is 0 Å². The van der Waals surface area contributed by atoms with Crippen LogP contribution in [-0.2, 0) is 14.3 Å². The van der Waals surface area contributed by atoms with E-state index in [0.29, 0.717) is 6.42 Å². The van der Waals surface area contributed by atoms with Crippen LogP contribution in [0.1, 0.15) is 46.5 Å². The molecule has 0 unspecified atom stereocenters. The van der Waals surface area contributed by atoms with Crippen molar-refractivity contribution in [3.8, 4) is 0 Å². The van der Waals surface area contributed by atoms with Crippen LogP contribution in [-0.4, -0.2) is 22.6 Å². The maximum atomic E-state index is 11.2. The van der Waals surface area contributed by atoms with E-state index in [2.05, 4.69) is 0 Å². The molecule has 0 amide bonds. The summed E-state index contributed by atoms with van der Waals surface area (Å²) in [6.07, 6.45) is 3.04. The van der Waals surface area contributed by atoms with Gasteiger partial charge in [-0.2, -0.15) is 0 Å². The van der Waals surface area contributed by atoms with Crippen LogP contribution >= 0.6 is 0 Å². The summed E-state index contributed by atoms with van der Waals surface area (Å²) in [7, 11) is 0. The highest BCUT2D eigenvalue weighted by molar-refractivity contribution is 5.81. The predicted octanol–water partition coefficient (Wildman–Crippen LogP) is 1.97. The molecule has 0 saturated carbocycles. The maximum Gasteiger partial charge on any atom is 0.347 e. The summed E-state index contributed by atoms with van der Waals surface area (Å²) < 4.78 is 4.81. The van der Waals surface area contributed by atoms with Gasteiger partial charge < -0.3 is 9.84 Å². The van der Waals surface area contributed by atoms with Gasteiger partial charge in [-0.15, -0.1) is 0 Å². The van der Waals surface area contributed by atoms with Gasteiger partial charge in [-0.25, -0.2) is 4.79 Å². The molecule has 4 heteroatoms. The first-order valence-corrected chi connectivity index (χ1v) is 4.85. The average Bonchev–Trinajstić information content (AvgIpc) is 2.03. The number of carboxylic acids is 1. The number of rotatable bonds is 6. The quantitative estimate of drug-likeness (QED) is 0.528. The number of ether oxygens (including phenoxy) is 1. The van der Waals surface area contributed by atoms with Crippen molar-refractivity contribution >= 4 is 11.9 Å². The summed E-state index contributed by atoms with van der Waals surface area (Å²) in [6, 6.07) is 0. The third-order valence-corrected chi connectivity index (χ3v) is 1.87. The summed E-state index contributed by atoms with van der Waals surface area (Å²) in [6.45, 7) is 4.77. The Labute approximate surface area is 84.3 Å². The number of carbonyl (C=O) groups is 2. The fourth-order valence-corrected chi connectivity index (χ4v) is 0.899. The Hall–Kier alpha value is -1.06. The molecule has 0 heterocycles. The van der Waals surface area contributed by atoms with Gasteiger partial charge in [-0.05, 0) is 20.3 Å². The van der Waals surface area contributed by atoms with Crippen molar-refractivity contribution in [2.45, 2.75) is 52.1 Å². The van der Waals surface area contributed by atoms with Gasteiger partial charge in [0, 0.05) is 6.42 Å². The van der Waals surface area contributed by atoms with Crippen molar-refractivity contribution < 1.29 is 19.4 Å². The minimum absolute atomic E-state index is 0.296. The fourth-order valence-electron chi connectivity index (χ4n) is 0.899. The van der Waals surface area contributed by atoms with Crippen molar-refractivity contribution in [2.24, 2.45) is 0 Å². The molecular formula is C10H18O4. The van der Waals surface area contributed by atoms with E-state index < -0.39 is 17.5 Å². The number of carbonyl (C=O) groups excluding carboxylic acids is 1. The van der Waals surface area contributed by atoms with Gasteiger partial charge in [0.15, 0.2) is 0 Å². The Kier molecular flexibility index (Phi) is 5.20. The lowest BCUT2D eigenvalue weighted by atomic mass is 10.1. The molecular weight excluding hydrogens is 184 g/mol. The highest BCUT2D eigenvalue weighted by atomic mass is 16.6. The first kappa shape index (κ1) is 12.9. The second-order valence-corrected chi connectivity index (χ2v) is 3.75. The van der Waals surface area contributed by atoms with Crippen LogP contribution in [0.2, 0.25) is 0 Å². The van der Waals surface area contributed by atoms with Gasteiger partial charge in [0.05, 0.1) is 0 Å². The van der Waals surface area contributed by atoms with E-state index in [4.69, 9.17) is 9.84 Å². The van der Waals surface area contributed by atoms with Gasteiger partial charge in [0.2, 0.25) is 5.60 Å². The Morgan fingerprint density at radius 2 is 1.86 bits per heavy atom. The zero-order valence-corrected chi connectivity index (χ0v) is 9.00. The van der Waals surface area contributed by atoms with Crippen LogP contribution in [0.3, 0.4) is 0 Å². The minimum atomic E-state index is -1.41. The minimum Gasteiger partial charge on any atom is -0.478 e. The molecule has 0 aromatic heterocycles. The molecule has 0 saturated heterocycles. The zero-order chi connectivity index (χ0) is 11.2. The van der Waals surface area contributed by atoms with Crippen LogP contribution in [0.25, 0.3) is 0 Å². The first-order chi connectivity index (χ1) is 6.40. The molecule has 0 rings (SSSR count). The summed E-state index contributed by atoms with van der Waals surface area (Å²) in [4.78, 5) is 21.8. The van der Waals surface area contributed by atoms with E-state index in [1.807, 2.05) is 6.92 Å². The first-order valence-electron chi connectivity index (χ1n) is 4.85. The van der Waals surface area contributed by atoms with Crippen LogP contribution in [0.4, 0.5) is 0 Å². The van der Waals surface area contributed by atoms with Crippen molar-refractivity contribution in [3.63, 3.8) is 0 Å². The van der Waals surface area contributed by atoms with Gasteiger partial charge in [0.25, 0.3) is 0 Å². The summed E-state index contributed by atoms with van der Waals surface area (Å²) >= 11 is 0. The SMILES string of the molecule is CCCCCC(=O)OC(C)(C)C(=O)O. The molecule has 1 N–H and O–H groups in total. The third-order valence-electron chi connectivity index (χ3n) is 1.87. The molecule has 0 aliphatic rings. The second-order valence-electron chi connectivity index (χ2n) is 3.75. The third kappa shape index (κ3) is 4.84. The summed E-state index contributed by atoms with van der Waals surface area (Å²) in [5.41, 5.74) is -1.41. The predicted molar refractivity (Wildman–Crippen MR) is 51.9 cm³/mol. The van der Waals surface area contributed by atoms with Crippen LogP contribution in [0.15, 0.2) is 0 Å². The van der Waals surface area contributed by atoms with Crippen molar-refractivity contribution in [3.05, 3.63) is 0 Å². The lowest BCUT2D eigenvalue weighted by Gasteiger charge is -2.19. The smallest absolute Gasteiger partial charge is 0.347 e. The lowest BCUT2D eigenvalue weighted by molar-refractivity contribution is -0.174. The Bertz CT molecular complexity index is 208. The van der Waals surface area contributed by atoms with Crippen LogP contribution < -0.4 is 0 Å². The monoisotopic (exact) mass is 202 g/mol. The van der Waals surface area contributed by atoms with Crippen LogP contribution in [0.5, 0.6) is 0 Å². The molecule has 0 aliphatic carbocycles. The second kappa shape index (κ2) is 5.62. The van der Waals surface area contributed by atoms with Crippen molar-refractivity contribution in [2.75, 3.05) is 0 Å². The molecule has 0 spiro atoms. The number of esters is 1. The normalized spacial score (nSPS) is 11.1. The molecule has 0 radical (unpaired) electrons. The van der Waals surface area contributed by atoms with Gasteiger partial charge in [-0.1, -0.05) is 19.8 Å². The van der Waals surface area contributed by atoms with E-state index in [1.165, 1.54) is 13.8 Å². The van der Waals surface area contributed by atoms with Gasteiger partial charge >= 0.3 is 11.9 Å². The lowest BCUT2D eigenvalue weighted by Crippen LogP contribution is -2.36. The average molecular weight is 202 g/mol. The van der Waals surface area contributed by atoms with E-state index in [0.717, 1.165) is 19.3 Å². The zero-order valence-electron chi connectivity index (χ0n) is 9.00. The summed E-state index contributed by atoms with van der Waals surface area (Å²) in [5, 5.41) is 8.68. The number of hydrogen-bond acceptors (Lipinski definition) is 3. The summed E-state index contributed by atoms with van der Waals surface area (Å²) in [5.74, 6) is -1.56. The number of aliphatic carboxylic acids is 1. The van der Waals surface area contributed by atoms with E-state index in [-0.39, 0.29) is 0 Å². The van der Waals surface area contributed by atoms with Crippen LogP contribution in [0, 0.1) is 0 Å². The highest BCUT2D eigenvalue weighted by Crippen LogP contribution is 2.11. The molecule has 0 aromatic carbocycles. The topological polar surface area (TPSA) is 63.6 Å². The van der Waals surface area contributed by atoms with E-state index in [9.17, 15) is 9.59 Å². The van der Waals surface area contributed by atoms with Gasteiger partial charge in [0.1, 0.15) is 0 Å². The molecule has 82 valence electrons. The molecule has 4 nitrogen and oxygen atoms in total. The molecule has 0 aromatic rings. The molecule has 14 heavy (non-hydrogen) atoms. The molecule has 0 aliphatic heterocycles. The Balaban J connectivity index is 3.88. The number of carboxylic acid groups (broad SMARTS) is 1. The maximum absolute atomic E-state index is 11.2. The molecule has 0 bridgehead atoms. The highest BCUT2D eigenvalue weighted by Gasteiger charge is 2.31. The standard InChI is InChI=1S/C10H18O4/c1-4-5-6-7-8(11)14-10(2,3)9(12)13/h4-7H2,1-3H3,(H,12,13). The van der Waals surface area contributed by atoms with Crippen molar-refractivity contribution in [1.29, 1.82) is 0 Å². The molecule has 0 fully saturated rings.